The van der Waals surface area contributed by atoms with Gasteiger partial charge in [0.2, 0.25) is 11.8 Å². The Morgan fingerprint density at radius 2 is 1.76 bits per heavy atom. The molecule has 0 radical (unpaired) electrons. The van der Waals surface area contributed by atoms with Crippen molar-refractivity contribution in [3.63, 3.8) is 0 Å². The summed E-state index contributed by atoms with van der Waals surface area (Å²) in [5.74, 6) is 0.840. The number of methoxy groups -OCH3 is 2. The maximum Gasteiger partial charge on any atom is 0.226 e. The maximum atomic E-state index is 12.3. The summed E-state index contributed by atoms with van der Waals surface area (Å²) in [6.07, 6.45) is 0.170. The van der Waals surface area contributed by atoms with Gasteiger partial charge in [-0.15, -0.1) is 0 Å². The third kappa shape index (κ3) is 4.97. The van der Waals surface area contributed by atoms with Crippen LogP contribution in [0.4, 0.5) is 11.4 Å². The average molecular weight is 342 g/mol. The van der Waals surface area contributed by atoms with E-state index in [1.807, 2.05) is 30.3 Å². The van der Waals surface area contributed by atoms with Crippen LogP contribution >= 0.6 is 0 Å². The van der Waals surface area contributed by atoms with E-state index in [-0.39, 0.29) is 18.2 Å². The Bertz CT molecular complexity index is 731. The van der Waals surface area contributed by atoms with Gasteiger partial charge >= 0.3 is 0 Å². The van der Waals surface area contributed by atoms with Crippen molar-refractivity contribution < 1.29 is 19.1 Å². The second-order valence-electron chi connectivity index (χ2n) is 5.37. The summed E-state index contributed by atoms with van der Waals surface area (Å²) in [6.45, 7) is 1.78. The van der Waals surface area contributed by atoms with Crippen molar-refractivity contribution in [2.75, 3.05) is 31.0 Å². The number of rotatable bonds is 7. The Labute approximate surface area is 147 Å². The summed E-state index contributed by atoms with van der Waals surface area (Å²) in [5, 5.41) is 2.80. The number of para-hydroxylation sites is 1. The summed E-state index contributed by atoms with van der Waals surface area (Å²) in [7, 11) is 3.09. The number of hydrogen-bond donors (Lipinski definition) is 1. The van der Waals surface area contributed by atoms with E-state index in [4.69, 9.17) is 9.47 Å². The maximum absolute atomic E-state index is 12.3. The number of nitrogens with one attached hydrogen (secondary N) is 1. The summed E-state index contributed by atoms with van der Waals surface area (Å²) in [6, 6.07) is 14.4. The predicted molar refractivity (Wildman–Crippen MR) is 97.3 cm³/mol. The van der Waals surface area contributed by atoms with E-state index < -0.39 is 0 Å². The molecule has 0 atom stereocenters. The first-order valence-corrected chi connectivity index (χ1v) is 7.90. The third-order valence-corrected chi connectivity index (χ3v) is 3.69. The normalized spacial score (nSPS) is 10.0. The molecule has 0 unspecified atom stereocenters. The minimum absolute atomic E-state index is 0.110. The molecule has 2 aromatic rings. The molecule has 0 aliphatic rings. The van der Waals surface area contributed by atoms with Gasteiger partial charge in [-0.1, -0.05) is 18.2 Å². The van der Waals surface area contributed by atoms with Crippen LogP contribution in [0.3, 0.4) is 0 Å². The van der Waals surface area contributed by atoms with Gasteiger partial charge in [0.1, 0.15) is 11.5 Å². The fourth-order valence-electron chi connectivity index (χ4n) is 2.40. The molecule has 0 saturated heterocycles. The van der Waals surface area contributed by atoms with Gasteiger partial charge in [0.15, 0.2) is 0 Å². The topological polar surface area (TPSA) is 67.9 Å². The first-order chi connectivity index (χ1) is 12.0. The number of amides is 2. The van der Waals surface area contributed by atoms with Crippen molar-refractivity contribution >= 4 is 23.2 Å². The SMILES string of the molecule is COc1ccc(NC(=O)CCN(C(C)=O)c2ccccc2)c(OC)c1. The zero-order valence-corrected chi connectivity index (χ0v) is 14.6. The molecule has 0 fully saturated rings. The van der Waals surface area contributed by atoms with Crippen molar-refractivity contribution in [2.45, 2.75) is 13.3 Å². The standard InChI is InChI=1S/C19H22N2O4/c1-14(22)21(15-7-5-4-6-8-15)12-11-19(23)20-17-10-9-16(24-2)13-18(17)25-3/h4-10,13H,11-12H2,1-3H3,(H,20,23). The third-order valence-electron chi connectivity index (χ3n) is 3.69. The number of carbonyl (C=O) groups is 2. The molecule has 0 aliphatic carbocycles. The lowest BCUT2D eigenvalue weighted by Crippen LogP contribution is -2.31. The smallest absolute Gasteiger partial charge is 0.226 e. The van der Waals surface area contributed by atoms with Crippen LogP contribution in [0.1, 0.15) is 13.3 Å². The molecule has 2 amide bonds. The molecule has 6 heteroatoms. The van der Waals surface area contributed by atoms with Gasteiger partial charge in [-0.25, -0.2) is 0 Å². The fraction of sp³-hybridized carbons (Fsp3) is 0.263. The molecule has 0 aromatic heterocycles. The largest absolute Gasteiger partial charge is 0.497 e. The Morgan fingerprint density at radius 3 is 2.36 bits per heavy atom. The van der Waals surface area contributed by atoms with Crippen LogP contribution in [0.25, 0.3) is 0 Å². The molecule has 25 heavy (non-hydrogen) atoms. The molecule has 6 nitrogen and oxygen atoms in total. The Morgan fingerprint density at radius 1 is 1.04 bits per heavy atom. The van der Waals surface area contributed by atoms with E-state index >= 15 is 0 Å². The molecule has 0 aliphatic heterocycles. The highest BCUT2D eigenvalue weighted by atomic mass is 16.5. The minimum atomic E-state index is -0.203. The minimum Gasteiger partial charge on any atom is -0.497 e. The van der Waals surface area contributed by atoms with Crippen LogP contribution in [-0.4, -0.2) is 32.6 Å². The molecule has 132 valence electrons. The number of carbonyl (C=O) groups excluding carboxylic acids is 2. The van der Waals surface area contributed by atoms with Crippen molar-refractivity contribution in [1.82, 2.24) is 0 Å². The summed E-state index contributed by atoms with van der Waals surface area (Å²) >= 11 is 0. The van der Waals surface area contributed by atoms with Gasteiger partial charge in [-0.2, -0.15) is 0 Å². The number of hydrogen-bond acceptors (Lipinski definition) is 4. The van der Waals surface area contributed by atoms with E-state index in [1.165, 1.54) is 14.0 Å². The Kier molecular flexibility index (Phi) is 6.39. The molecule has 0 saturated carbocycles. The van der Waals surface area contributed by atoms with Gasteiger partial charge < -0.3 is 19.7 Å². The molecular weight excluding hydrogens is 320 g/mol. The molecule has 0 bridgehead atoms. The van der Waals surface area contributed by atoms with E-state index in [0.717, 1.165) is 5.69 Å². The van der Waals surface area contributed by atoms with Gasteiger partial charge in [-0.05, 0) is 24.3 Å². The highest BCUT2D eigenvalue weighted by Gasteiger charge is 2.14. The lowest BCUT2D eigenvalue weighted by Gasteiger charge is -2.21. The summed E-state index contributed by atoms with van der Waals surface area (Å²) in [5.41, 5.74) is 1.33. The monoisotopic (exact) mass is 342 g/mol. The van der Waals surface area contributed by atoms with E-state index in [2.05, 4.69) is 5.32 Å². The zero-order chi connectivity index (χ0) is 18.2. The van der Waals surface area contributed by atoms with Gasteiger partial charge in [0, 0.05) is 31.6 Å². The number of nitrogens with zero attached hydrogens (tertiary/aromatic N) is 1. The molecule has 2 rings (SSSR count). The summed E-state index contributed by atoms with van der Waals surface area (Å²) < 4.78 is 10.4. The van der Waals surface area contributed by atoms with Crippen LogP contribution in [0, 0.1) is 0 Å². The second-order valence-corrected chi connectivity index (χ2v) is 5.37. The van der Waals surface area contributed by atoms with E-state index in [1.54, 1.807) is 30.2 Å². The molecule has 1 N–H and O–H groups in total. The summed E-state index contributed by atoms with van der Waals surface area (Å²) in [4.78, 5) is 25.7. The number of benzene rings is 2. The van der Waals surface area contributed by atoms with Crippen molar-refractivity contribution in [1.29, 1.82) is 0 Å². The lowest BCUT2D eigenvalue weighted by molar-refractivity contribution is -0.117. The highest BCUT2D eigenvalue weighted by Crippen LogP contribution is 2.29. The van der Waals surface area contributed by atoms with Crippen molar-refractivity contribution in [3.8, 4) is 11.5 Å². The molecule has 0 spiro atoms. The van der Waals surface area contributed by atoms with E-state index in [9.17, 15) is 9.59 Å². The van der Waals surface area contributed by atoms with Gasteiger partial charge in [0.25, 0.3) is 0 Å². The first-order valence-electron chi connectivity index (χ1n) is 7.90. The van der Waals surface area contributed by atoms with Crippen LogP contribution in [-0.2, 0) is 9.59 Å². The Hall–Kier alpha value is -3.02. The number of anilines is 2. The van der Waals surface area contributed by atoms with Crippen LogP contribution in [0.5, 0.6) is 11.5 Å². The zero-order valence-electron chi connectivity index (χ0n) is 14.6. The first kappa shape index (κ1) is 18.3. The molecule has 0 heterocycles. The van der Waals surface area contributed by atoms with Gasteiger partial charge in [-0.3, -0.25) is 9.59 Å². The second kappa shape index (κ2) is 8.73. The van der Waals surface area contributed by atoms with Crippen molar-refractivity contribution in [3.05, 3.63) is 48.5 Å². The molecule has 2 aromatic carbocycles. The molecular formula is C19H22N2O4. The van der Waals surface area contributed by atoms with Crippen LogP contribution in [0.2, 0.25) is 0 Å². The Balaban J connectivity index is 2.01. The average Bonchev–Trinajstić information content (AvgIpc) is 2.62. The van der Waals surface area contributed by atoms with E-state index in [0.29, 0.717) is 23.7 Å². The van der Waals surface area contributed by atoms with Crippen molar-refractivity contribution in [2.24, 2.45) is 0 Å². The van der Waals surface area contributed by atoms with Gasteiger partial charge in [0.05, 0.1) is 19.9 Å². The van der Waals surface area contributed by atoms with Crippen LogP contribution < -0.4 is 19.7 Å². The quantitative estimate of drug-likeness (QED) is 0.840. The predicted octanol–water partition coefficient (Wildman–Crippen LogP) is 3.09. The fourth-order valence-corrected chi connectivity index (χ4v) is 2.40. The number of ether oxygens (including phenoxy) is 2. The highest BCUT2D eigenvalue weighted by molar-refractivity contribution is 5.95. The lowest BCUT2D eigenvalue weighted by atomic mass is 10.2. The van der Waals surface area contributed by atoms with Crippen LogP contribution in [0.15, 0.2) is 48.5 Å².